The highest BCUT2D eigenvalue weighted by Crippen LogP contribution is 2.15. The molecule has 2 aromatic carbocycles. The van der Waals surface area contributed by atoms with Crippen molar-refractivity contribution < 1.29 is 9.18 Å². The molecule has 0 spiro atoms. The van der Waals surface area contributed by atoms with E-state index in [1.54, 1.807) is 0 Å². The molecule has 0 saturated heterocycles. The van der Waals surface area contributed by atoms with Crippen molar-refractivity contribution in [1.29, 1.82) is 0 Å². The van der Waals surface area contributed by atoms with Crippen molar-refractivity contribution in [3.63, 3.8) is 0 Å². The van der Waals surface area contributed by atoms with Gasteiger partial charge in [0.05, 0.1) is 0 Å². The second-order valence-corrected chi connectivity index (χ2v) is 8.22. The van der Waals surface area contributed by atoms with Gasteiger partial charge in [-0.15, -0.1) is 10.2 Å². The van der Waals surface area contributed by atoms with Crippen LogP contribution in [0, 0.1) is 19.7 Å². The summed E-state index contributed by atoms with van der Waals surface area (Å²) in [5.74, 6) is 1.33. The van der Waals surface area contributed by atoms with Crippen molar-refractivity contribution in [3.05, 3.63) is 82.2 Å². The Morgan fingerprint density at radius 3 is 2.52 bits per heavy atom. The highest BCUT2D eigenvalue weighted by molar-refractivity contribution is 5.94. The highest BCUT2D eigenvalue weighted by atomic mass is 19.1. The maximum Gasteiger partial charge on any atom is 0.251 e. The van der Waals surface area contributed by atoms with Gasteiger partial charge in [0.25, 0.3) is 5.91 Å². The number of nitrogens with zero attached hydrogens (tertiary/aromatic N) is 4. The molecular weight excluding hydrogens is 393 g/mol. The Morgan fingerprint density at radius 1 is 1.03 bits per heavy atom. The molecule has 0 fully saturated rings. The minimum atomic E-state index is -0.353. The van der Waals surface area contributed by atoms with E-state index in [0.717, 1.165) is 44.2 Å². The smallest absolute Gasteiger partial charge is 0.251 e. The van der Waals surface area contributed by atoms with Gasteiger partial charge >= 0.3 is 0 Å². The molecule has 0 aliphatic carbocycles. The Kier molecular flexibility index (Phi) is 6.42. The van der Waals surface area contributed by atoms with Gasteiger partial charge < -0.3 is 9.88 Å². The average molecular weight is 422 g/mol. The minimum absolute atomic E-state index is 0.213. The van der Waals surface area contributed by atoms with E-state index >= 15 is 0 Å². The number of aromatic nitrogens is 3. The summed E-state index contributed by atoms with van der Waals surface area (Å²) in [4.78, 5) is 14.7. The summed E-state index contributed by atoms with van der Waals surface area (Å²) < 4.78 is 15.2. The zero-order valence-corrected chi connectivity index (χ0v) is 18.1. The fourth-order valence-electron chi connectivity index (χ4n) is 4.18. The number of amides is 1. The third kappa shape index (κ3) is 5.35. The maximum atomic E-state index is 13.0. The van der Waals surface area contributed by atoms with Crippen LogP contribution in [0.5, 0.6) is 0 Å². The van der Waals surface area contributed by atoms with E-state index in [1.807, 2.05) is 0 Å². The van der Waals surface area contributed by atoms with Gasteiger partial charge in [-0.1, -0.05) is 29.3 Å². The van der Waals surface area contributed by atoms with Crippen LogP contribution in [0.1, 0.15) is 38.7 Å². The van der Waals surface area contributed by atoms with Crippen LogP contribution < -0.4 is 5.32 Å². The molecule has 0 saturated carbocycles. The molecule has 0 atom stereocenters. The van der Waals surface area contributed by atoms with Gasteiger partial charge in [0.1, 0.15) is 17.5 Å². The van der Waals surface area contributed by atoms with E-state index in [-0.39, 0.29) is 11.7 Å². The largest absolute Gasteiger partial charge is 0.352 e. The van der Waals surface area contributed by atoms with Crippen molar-refractivity contribution in [2.24, 2.45) is 0 Å². The Balaban J connectivity index is 1.32. The first kappa shape index (κ1) is 21.2. The molecular formula is C24H28FN5O. The minimum Gasteiger partial charge on any atom is -0.352 e. The molecule has 2 heterocycles. The lowest BCUT2D eigenvalue weighted by atomic mass is 10.1. The molecule has 6 nitrogen and oxygen atoms in total. The molecule has 1 aliphatic heterocycles. The number of carbonyl (C=O) groups is 1. The number of carbonyl (C=O) groups excluding carboxylic acids is 1. The summed E-state index contributed by atoms with van der Waals surface area (Å²) in [5.41, 5.74) is 4.39. The van der Waals surface area contributed by atoms with Crippen LogP contribution in [0.25, 0.3) is 0 Å². The molecule has 0 radical (unpaired) electrons. The first-order valence-electron chi connectivity index (χ1n) is 10.7. The van der Waals surface area contributed by atoms with Crippen LogP contribution in [-0.2, 0) is 25.9 Å². The van der Waals surface area contributed by atoms with Crippen LogP contribution >= 0.6 is 0 Å². The quantitative estimate of drug-likeness (QED) is 0.665. The number of hydrogen-bond acceptors (Lipinski definition) is 4. The second-order valence-electron chi connectivity index (χ2n) is 8.22. The third-order valence-electron chi connectivity index (χ3n) is 5.62. The predicted molar refractivity (Wildman–Crippen MR) is 117 cm³/mol. The normalized spacial score (nSPS) is 14.2. The summed E-state index contributed by atoms with van der Waals surface area (Å²) in [7, 11) is 0. The van der Waals surface area contributed by atoms with E-state index in [4.69, 9.17) is 0 Å². The van der Waals surface area contributed by atoms with Crippen molar-refractivity contribution in [1.82, 2.24) is 25.0 Å². The van der Waals surface area contributed by atoms with Crippen LogP contribution in [0.15, 0.2) is 42.5 Å². The van der Waals surface area contributed by atoms with Crippen LogP contribution in [0.3, 0.4) is 0 Å². The number of hydrogen-bond donors (Lipinski definition) is 1. The first-order chi connectivity index (χ1) is 15.0. The molecule has 162 valence electrons. The van der Waals surface area contributed by atoms with Crippen LogP contribution in [0.2, 0.25) is 0 Å². The van der Waals surface area contributed by atoms with Crippen molar-refractivity contribution in [3.8, 4) is 0 Å². The SMILES string of the molecule is Cc1cc(C)cc(CN2CCc3nnc(CCNC(=O)c4ccc(F)cc4)n3CC2)c1. The van der Waals surface area contributed by atoms with Crippen molar-refractivity contribution >= 4 is 5.91 Å². The standard InChI is InChI=1S/C24H28FN5O/c1-17-13-18(2)15-19(14-17)16-29-10-8-23-28-27-22(30(23)12-11-29)7-9-26-24(31)20-3-5-21(25)6-4-20/h3-6,13-15H,7-12,16H2,1-2H3,(H,26,31). The van der Waals surface area contributed by atoms with Crippen LogP contribution in [0.4, 0.5) is 4.39 Å². The Hall–Kier alpha value is -3.06. The maximum absolute atomic E-state index is 13.0. The van der Waals surface area contributed by atoms with Gasteiger partial charge in [-0.05, 0) is 43.7 Å². The topological polar surface area (TPSA) is 63.1 Å². The van der Waals surface area contributed by atoms with Crippen LogP contribution in [-0.4, -0.2) is 45.2 Å². The number of rotatable bonds is 6. The highest BCUT2D eigenvalue weighted by Gasteiger charge is 2.19. The number of halogens is 1. The molecule has 0 unspecified atom stereocenters. The zero-order valence-electron chi connectivity index (χ0n) is 18.1. The first-order valence-corrected chi connectivity index (χ1v) is 10.7. The molecule has 1 amide bonds. The predicted octanol–water partition coefficient (Wildman–Crippen LogP) is 3.06. The summed E-state index contributed by atoms with van der Waals surface area (Å²) >= 11 is 0. The molecule has 31 heavy (non-hydrogen) atoms. The molecule has 3 aromatic rings. The van der Waals surface area contributed by atoms with Gasteiger partial charge in [-0.2, -0.15) is 0 Å². The molecule has 7 heteroatoms. The van der Waals surface area contributed by atoms with E-state index in [1.165, 1.54) is 41.0 Å². The lowest BCUT2D eigenvalue weighted by molar-refractivity contribution is 0.0954. The van der Waals surface area contributed by atoms with E-state index < -0.39 is 0 Å². The van der Waals surface area contributed by atoms with E-state index in [2.05, 4.69) is 57.0 Å². The van der Waals surface area contributed by atoms with E-state index in [9.17, 15) is 9.18 Å². The fraction of sp³-hybridized carbons (Fsp3) is 0.375. The summed E-state index contributed by atoms with van der Waals surface area (Å²) in [6.07, 6.45) is 1.47. The van der Waals surface area contributed by atoms with Gasteiger partial charge in [-0.25, -0.2) is 4.39 Å². The van der Waals surface area contributed by atoms with Gasteiger partial charge in [0.2, 0.25) is 0 Å². The average Bonchev–Trinajstić information content (AvgIpc) is 3.00. The van der Waals surface area contributed by atoms with Crippen molar-refractivity contribution in [2.45, 2.75) is 39.8 Å². The Morgan fingerprint density at radius 2 is 1.77 bits per heavy atom. The Bertz CT molecular complexity index is 1040. The fourth-order valence-corrected chi connectivity index (χ4v) is 4.18. The van der Waals surface area contributed by atoms with Gasteiger partial charge in [0, 0.05) is 51.1 Å². The van der Waals surface area contributed by atoms with Gasteiger partial charge in [0.15, 0.2) is 0 Å². The summed E-state index contributed by atoms with van der Waals surface area (Å²) in [6, 6.07) is 12.3. The molecule has 4 rings (SSSR count). The molecule has 1 aromatic heterocycles. The van der Waals surface area contributed by atoms with Crippen molar-refractivity contribution in [2.75, 3.05) is 19.6 Å². The monoisotopic (exact) mass is 421 g/mol. The van der Waals surface area contributed by atoms with Gasteiger partial charge in [-0.3, -0.25) is 9.69 Å². The summed E-state index contributed by atoms with van der Waals surface area (Å²) in [6.45, 7) is 8.40. The summed E-state index contributed by atoms with van der Waals surface area (Å²) in [5, 5.41) is 11.6. The third-order valence-corrected chi connectivity index (χ3v) is 5.62. The lowest BCUT2D eigenvalue weighted by Gasteiger charge is -2.20. The number of nitrogens with one attached hydrogen (secondary N) is 1. The Labute approximate surface area is 182 Å². The number of aryl methyl sites for hydroxylation is 2. The molecule has 1 aliphatic rings. The van der Waals surface area contributed by atoms with E-state index in [0.29, 0.717) is 18.5 Å². The second kappa shape index (κ2) is 9.39. The zero-order chi connectivity index (χ0) is 21.8. The molecule has 0 bridgehead atoms. The number of benzene rings is 2. The lowest BCUT2D eigenvalue weighted by Crippen LogP contribution is -2.28. The molecule has 1 N–H and O–H groups in total. The number of fused-ring (bicyclic) bond motifs is 1.